The van der Waals surface area contributed by atoms with Crippen LogP contribution in [-0.2, 0) is 4.79 Å². The zero-order valence-corrected chi connectivity index (χ0v) is 19.4. The molecule has 168 valence electrons. The first kappa shape index (κ1) is 22.6. The Labute approximate surface area is 199 Å². The number of methoxy groups -OCH3 is 2. The Morgan fingerprint density at radius 1 is 1.12 bits per heavy atom. The average molecular weight is 484 g/mol. The van der Waals surface area contributed by atoms with Crippen LogP contribution in [0.2, 0.25) is 5.02 Å². The van der Waals surface area contributed by atoms with Crippen molar-refractivity contribution in [2.75, 3.05) is 14.2 Å². The largest absolute Gasteiger partial charge is 0.493 e. The number of fused-ring (bicyclic) bond motifs is 1. The predicted molar refractivity (Wildman–Crippen MR) is 127 cm³/mol. The SMILES string of the molecule is COc1ccc(C(=O)Oc2ccc(C=C3C(=N)N4C=C(C)SC4=NC3=O)cc2Cl)cc1OC. The number of hydrogen-bond donors (Lipinski definition) is 1. The van der Waals surface area contributed by atoms with Crippen molar-refractivity contribution >= 4 is 52.3 Å². The van der Waals surface area contributed by atoms with Gasteiger partial charge in [-0.25, -0.2) is 4.79 Å². The summed E-state index contributed by atoms with van der Waals surface area (Å²) >= 11 is 7.67. The monoisotopic (exact) mass is 483 g/mol. The number of rotatable bonds is 5. The molecule has 0 spiro atoms. The van der Waals surface area contributed by atoms with E-state index >= 15 is 0 Å². The van der Waals surface area contributed by atoms with Crippen molar-refractivity contribution in [3.8, 4) is 17.2 Å². The summed E-state index contributed by atoms with van der Waals surface area (Å²) in [5.41, 5.74) is 0.957. The van der Waals surface area contributed by atoms with E-state index in [-0.39, 0.29) is 27.7 Å². The van der Waals surface area contributed by atoms with E-state index in [4.69, 9.17) is 31.2 Å². The number of nitrogens with zero attached hydrogens (tertiary/aromatic N) is 2. The molecule has 0 unspecified atom stereocenters. The number of ether oxygens (including phenoxy) is 3. The molecule has 0 radical (unpaired) electrons. The highest BCUT2D eigenvalue weighted by Crippen LogP contribution is 2.34. The lowest BCUT2D eigenvalue weighted by Crippen LogP contribution is -2.35. The molecule has 2 aromatic rings. The molecular formula is C23H18ClN3O5S. The van der Waals surface area contributed by atoms with E-state index in [1.54, 1.807) is 35.4 Å². The Morgan fingerprint density at radius 2 is 1.85 bits per heavy atom. The molecule has 0 saturated heterocycles. The van der Waals surface area contributed by atoms with Gasteiger partial charge in [0.1, 0.15) is 11.6 Å². The number of allylic oxidation sites excluding steroid dienone is 1. The molecule has 10 heteroatoms. The van der Waals surface area contributed by atoms with Gasteiger partial charge in [0.05, 0.1) is 30.4 Å². The van der Waals surface area contributed by atoms with Gasteiger partial charge in [0.25, 0.3) is 5.91 Å². The second-order valence-corrected chi connectivity index (χ2v) is 8.59. The maximum absolute atomic E-state index is 12.6. The Morgan fingerprint density at radius 3 is 2.55 bits per heavy atom. The maximum Gasteiger partial charge on any atom is 0.343 e. The Hall–Kier alpha value is -3.56. The van der Waals surface area contributed by atoms with E-state index in [9.17, 15) is 9.59 Å². The van der Waals surface area contributed by atoms with Crippen LogP contribution in [0.3, 0.4) is 0 Å². The number of hydrogen-bond acceptors (Lipinski definition) is 7. The van der Waals surface area contributed by atoms with Gasteiger partial charge in [-0.05, 0) is 48.9 Å². The highest BCUT2D eigenvalue weighted by molar-refractivity contribution is 8.17. The molecule has 2 aliphatic rings. The van der Waals surface area contributed by atoms with Crippen LogP contribution < -0.4 is 14.2 Å². The molecule has 8 nitrogen and oxygen atoms in total. The molecule has 1 amide bonds. The van der Waals surface area contributed by atoms with Gasteiger partial charge in [-0.15, -0.1) is 0 Å². The second-order valence-electron chi connectivity index (χ2n) is 6.97. The quantitative estimate of drug-likeness (QED) is 0.372. The van der Waals surface area contributed by atoms with Crippen molar-refractivity contribution in [2.24, 2.45) is 4.99 Å². The van der Waals surface area contributed by atoms with E-state index in [2.05, 4.69) is 4.99 Å². The molecule has 0 aromatic heterocycles. The normalized spacial score (nSPS) is 16.4. The third-order valence-electron chi connectivity index (χ3n) is 4.78. The number of amidine groups is 2. The first-order chi connectivity index (χ1) is 15.8. The third kappa shape index (κ3) is 4.50. The summed E-state index contributed by atoms with van der Waals surface area (Å²) in [4.78, 5) is 31.5. The van der Waals surface area contributed by atoms with Crippen molar-refractivity contribution in [3.05, 3.63) is 69.2 Å². The minimum atomic E-state index is -0.622. The number of thioether (sulfide) groups is 1. The minimum absolute atomic E-state index is 0.0365. The molecule has 33 heavy (non-hydrogen) atoms. The molecule has 0 saturated carbocycles. The van der Waals surface area contributed by atoms with Gasteiger partial charge in [-0.2, -0.15) is 4.99 Å². The number of nitrogens with one attached hydrogen (secondary N) is 1. The van der Waals surface area contributed by atoms with Crippen LogP contribution in [0.15, 0.2) is 58.1 Å². The summed E-state index contributed by atoms with van der Waals surface area (Å²) in [6.07, 6.45) is 3.29. The number of carbonyl (C=O) groups excluding carboxylic acids is 2. The van der Waals surface area contributed by atoms with Gasteiger partial charge in [0.2, 0.25) is 0 Å². The topological polar surface area (TPSA) is 101 Å². The summed E-state index contributed by atoms with van der Waals surface area (Å²) in [7, 11) is 2.97. The van der Waals surface area contributed by atoms with Crippen molar-refractivity contribution in [2.45, 2.75) is 6.92 Å². The van der Waals surface area contributed by atoms with Gasteiger partial charge < -0.3 is 14.2 Å². The molecule has 0 bridgehead atoms. The van der Waals surface area contributed by atoms with Crippen LogP contribution in [0.25, 0.3) is 6.08 Å². The fourth-order valence-corrected chi connectivity index (χ4v) is 4.22. The Bertz CT molecular complexity index is 1280. The summed E-state index contributed by atoms with van der Waals surface area (Å²) < 4.78 is 15.8. The molecule has 2 aromatic carbocycles. The number of halogens is 1. The van der Waals surface area contributed by atoms with Gasteiger partial charge in [0.15, 0.2) is 16.7 Å². The maximum atomic E-state index is 12.6. The third-order valence-corrected chi connectivity index (χ3v) is 5.98. The lowest BCUT2D eigenvalue weighted by atomic mass is 10.1. The first-order valence-corrected chi connectivity index (χ1v) is 10.8. The molecular weight excluding hydrogens is 466 g/mol. The number of esters is 1. The Balaban J connectivity index is 1.55. The van der Waals surface area contributed by atoms with Crippen LogP contribution in [0.5, 0.6) is 17.2 Å². The summed E-state index contributed by atoms with van der Waals surface area (Å²) in [5.74, 6) is -0.0487. The zero-order valence-electron chi connectivity index (χ0n) is 17.8. The van der Waals surface area contributed by atoms with Gasteiger partial charge in [-0.3, -0.25) is 15.1 Å². The van der Waals surface area contributed by atoms with Gasteiger partial charge in [0, 0.05) is 11.1 Å². The lowest BCUT2D eigenvalue weighted by Gasteiger charge is -2.22. The highest BCUT2D eigenvalue weighted by atomic mass is 35.5. The van der Waals surface area contributed by atoms with Crippen LogP contribution in [-0.4, -0.2) is 42.0 Å². The number of amides is 1. The van der Waals surface area contributed by atoms with Crippen LogP contribution >= 0.6 is 23.4 Å². The van der Waals surface area contributed by atoms with Crippen LogP contribution in [0.4, 0.5) is 0 Å². The number of benzene rings is 2. The molecule has 0 fully saturated rings. The average Bonchev–Trinajstić information content (AvgIpc) is 3.17. The van der Waals surface area contributed by atoms with E-state index < -0.39 is 11.9 Å². The summed E-state index contributed by atoms with van der Waals surface area (Å²) in [6, 6.07) is 9.37. The molecule has 2 aliphatic heterocycles. The van der Waals surface area contributed by atoms with E-state index in [0.29, 0.717) is 22.2 Å². The highest BCUT2D eigenvalue weighted by Gasteiger charge is 2.32. The van der Waals surface area contributed by atoms with E-state index in [1.165, 1.54) is 44.2 Å². The standard InChI is InChI=1S/C23H18ClN3O5S/c1-12-11-27-20(25)15(21(28)26-23(27)33-12)8-13-4-6-17(16(24)9-13)32-22(29)14-5-7-18(30-2)19(10-14)31-3/h4-11,25H,1-3H3. The zero-order chi connectivity index (χ0) is 23.7. The van der Waals surface area contributed by atoms with Gasteiger partial charge in [-0.1, -0.05) is 29.4 Å². The first-order valence-electron chi connectivity index (χ1n) is 9.63. The number of carbonyl (C=O) groups is 2. The molecule has 0 aliphatic carbocycles. The Kier molecular flexibility index (Phi) is 6.26. The lowest BCUT2D eigenvalue weighted by molar-refractivity contribution is -0.114. The van der Waals surface area contributed by atoms with Crippen LogP contribution in [0, 0.1) is 5.41 Å². The van der Waals surface area contributed by atoms with E-state index in [0.717, 1.165) is 4.91 Å². The minimum Gasteiger partial charge on any atom is -0.493 e. The smallest absolute Gasteiger partial charge is 0.343 e. The fourth-order valence-electron chi connectivity index (χ4n) is 3.18. The van der Waals surface area contributed by atoms with Gasteiger partial charge >= 0.3 is 5.97 Å². The van der Waals surface area contributed by atoms with Crippen molar-refractivity contribution in [1.82, 2.24) is 4.90 Å². The predicted octanol–water partition coefficient (Wildman–Crippen LogP) is 4.74. The summed E-state index contributed by atoms with van der Waals surface area (Å²) in [5, 5.41) is 9.00. The summed E-state index contributed by atoms with van der Waals surface area (Å²) in [6.45, 7) is 1.88. The van der Waals surface area contributed by atoms with Crippen molar-refractivity contribution < 1.29 is 23.8 Å². The molecule has 2 heterocycles. The molecule has 1 N–H and O–H groups in total. The molecule has 0 atom stereocenters. The van der Waals surface area contributed by atoms with Crippen LogP contribution in [0.1, 0.15) is 22.8 Å². The fraction of sp³-hybridized carbons (Fsp3) is 0.130. The van der Waals surface area contributed by atoms with Crippen molar-refractivity contribution in [1.29, 1.82) is 5.41 Å². The van der Waals surface area contributed by atoms with Crippen molar-refractivity contribution in [3.63, 3.8) is 0 Å². The second kappa shape index (κ2) is 9.13. The van der Waals surface area contributed by atoms with E-state index in [1.807, 2.05) is 6.92 Å². The molecule has 4 rings (SSSR count). The number of aliphatic imine (C=N–C) groups is 1.